The summed E-state index contributed by atoms with van der Waals surface area (Å²) in [6.07, 6.45) is 0.919. The highest BCUT2D eigenvalue weighted by atomic mass is 16.6. The number of hydrogen-bond acceptors (Lipinski definition) is 5. The minimum atomic E-state index is -0.600. The molecule has 1 aliphatic rings. The Morgan fingerprint density at radius 2 is 2.37 bits per heavy atom. The van der Waals surface area contributed by atoms with Gasteiger partial charge in [-0.15, -0.1) is 0 Å². The summed E-state index contributed by atoms with van der Waals surface area (Å²) in [5, 5.41) is 13.5. The van der Waals surface area contributed by atoms with E-state index in [0.717, 1.165) is 6.42 Å². The van der Waals surface area contributed by atoms with Gasteiger partial charge in [0.2, 0.25) is 0 Å². The molecule has 0 radical (unpaired) electrons. The molecule has 7 heteroatoms. The van der Waals surface area contributed by atoms with Crippen LogP contribution in [0.15, 0.2) is 18.2 Å². The zero-order chi connectivity index (χ0) is 13.8. The molecule has 0 aromatic heterocycles. The molecule has 7 nitrogen and oxygen atoms in total. The van der Waals surface area contributed by atoms with E-state index in [1.165, 1.54) is 18.2 Å². The molecule has 1 fully saturated rings. The van der Waals surface area contributed by atoms with Gasteiger partial charge in [-0.3, -0.25) is 14.9 Å². The third-order valence-electron chi connectivity index (χ3n) is 3.06. The molecule has 1 unspecified atom stereocenters. The Morgan fingerprint density at radius 1 is 1.58 bits per heavy atom. The molecule has 1 heterocycles. The minimum absolute atomic E-state index is 0.0470. The van der Waals surface area contributed by atoms with Gasteiger partial charge in [0.1, 0.15) is 5.69 Å². The number of nitrogens with one attached hydrogen (secondary N) is 1. The number of ether oxygens (including phenoxy) is 1. The van der Waals surface area contributed by atoms with Crippen LogP contribution in [-0.4, -0.2) is 30.6 Å². The molecule has 2 rings (SSSR count). The van der Waals surface area contributed by atoms with E-state index in [-0.39, 0.29) is 22.8 Å². The number of carbonyl (C=O) groups excluding carboxylic acids is 1. The number of anilines is 1. The maximum absolute atomic E-state index is 11.9. The fraction of sp³-hybridized carbons (Fsp3) is 0.417. The van der Waals surface area contributed by atoms with Crippen molar-refractivity contribution in [1.29, 1.82) is 0 Å². The molecule has 1 amide bonds. The Kier molecular flexibility index (Phi) is 3.96. The Labute approximate surface area is 109 Å². The molecular formula is C12H15N3O4. The van der Waals surface area contributed by atoms with Gasteiger partial charge in [0.25, 0.3) is 11.6 Å². The summed E-state index contributed by atoms with van der Waals surface area (Å²) in [7, 11) is 0. The molecule has 102 valence electrons. The second kappa shape index (κ2) is 5.66. The number of nitrogens with two attached hydrogens (primary N) is 1. The zero-order valence-corrected chi connectivity index (χ0v) is 10.3. The SMILES string of the molecule is Nc1ccc(C(=O)NCC2CCOC2)cc1[N+](=O)[O-]. The van der Waals surface area contributed by atoms with E-state index >= 15 is 0 Å². The lowest BCUT2D eigenvalue weighted by molar-refractivity contribution is -0.383. The van der Waals surface area contributed by atoms with Crippen LogP contribution >= 0.6 is 0 Å². The number of rotatable bonds is 4. The number of amides is 1. The summed E-state index contributed by atoms with van der Waals surface area (Å²) < 4.78 is 5.20. The van der Waals surface area contributed by atoms with Crippen LogP contribution in [0.5, 0.6) is 0 Å². The van der Waals surface area contributed by atoms with Crippen molar-refractivity contribution in [3.8, 4) is 0 Å². The smallest absolute Gasteiger partial charge is 0.292 e. The third-order valence-corrected chi connectivity index (χ3v) is 3.06. The normalized spacial score (nSPS) is 18.2. The second-order valence-corrected chi connectivity index (χ2v) is 4.47. The van der Waals surface area contributed by atoms with E-state index in [2.05, 4.69) is 5.32 Å². The molecule has 0 saturated carbocycles. The maximum atomic E-state index is 11.9. The molecule has 0 aliphatic carbocycles. The Morgan fingerprint density at radius 3 is 3.00 bits per heavy atom. The molecule has 1 saturated heterocycles. The molecule has 1 atom stereocenters. The lowest BCUT2D eigenvalue weighted by Gasteiger charge is -2.09. The molecule has 1 aromatic rings. The molecule has 1 aromatic carbocycles. The van der Waals surface area contributed by atoms with Crippen LogP contribution in [0.1, 0.15) is 16.8 Å². The molecule has 1 aliphatic heterocycles. The van der Waals surface area contributed by atoms with Gasteiger partial charge in [-0.1, -0.05) is 0 Å². The lowest BCUT2D eigenvalue weighted by Crippen LogP contribution is -2.29. The number of carbonyl (C=O) groups is 1. The van der Waals surface area contributed by atoms with Crippen LogP contribution in [-0.2, 0) is 4.74 Å². The van der Waals surface area contributed by atoms with Gasteiger partial charge in [0.05, 0.1) is 11.5 Å². The number of nitro groups is 1. The molecule has 0 spiro atoms. The summed E-state index contributed by atoms with van der Waals surface area (Å²) in [6.45, 7) is 1.87. The minimum Gasteiger partial charge on any atom is -0.393 e. The molecule has 0 bridgehead atoms. The predicted octanol–water partition coefficient (Wildman–Crippen LogP) is 0.943. The third kappa shape index (κ3) is 3.19. The highest BCUT2D eigenvalue weighted by Gasteiger charge is 2.19. The highest BCUT2D eigenvalue weighted by Crippen LogP contribution is 2.22. The second-order valence-electron chi connectivity index (χ2n) is 4.47. The van der Waals surface area contributed by atoms with Crippen LogP contribution in [0.25, 0.3) is 0 Å². The van der Waals surface area contributed by atoms with Crippen molar-refractivity contribution in [3.63, 3.8) is 0 Å². The average Bonchev–Trinajstić information content (AvgIpc) is 2.89. The van der Waals surface area contributed by atoms with Crippen molar-refractivity contribution in [2.45, 2.75) is 6.42 Å². The number of hydrogen-bond donors (Lipinski definition) is 2. The first-order valence-corrected chi connectivity index (χ1v) is 5.98. The monoisotopic (exact) mass is 265 g/mol. The van der Waals surface area contributed by atoms with Crippen LogP contribution in [0, 0.1) is 16.0 Å². The van der Waals surface area contributed by atoms with Gasteiger partial charge in [-0.2, -0.15) is 0 Å². The fourth-order valence-electron chi connectivity index (χ4n) is 1.93. The number of benzene rings is 1. The van der Waals surface area contributed by atoms with E-state index in [9.17, 15) is 14.9 Å². The average molecular weight is 265 g/mol. The van der Waals surface area contributed by atoms with E-state index in [1.807, 2.05) is 0 Å². The summed E-state index contributed by atoms with van der Waals surface area (Å²) >= 11 is 0. The Bertz CT molecular complexity index is 498. The zero-order valence-electron chi connectivity index (χ0n) is 10.3. The first kappa shape index (κ1) is 13.3. The number of nitrogens with zero attached hydrogens (tertiary/aromatic N) is 1. The topological polar surface area (TPSA) is 107 Å². The van der Waals surface area contributed by atoms with Gasteiger partial charge in [-0.25, -0.2) is 0 Å². The number of nitrogen functional groups attached to an aromatic ring is 1. The van der Waals surface area contributed by atoms with Crippen molar-refractivity contribution in [2.75, 3.05) is 25.5 Å². The predicted molar refractivity (Wildman–Crippen MR) is 68.8 cm³/mol. The van der Waals surface area contributed by atoms with Gasteiger partial charge < -0.3 is 15.8 Å². The van der Waals surface area contributed by atoms with Crippen LogP contribution in [0.4, 0.5) is 11.4 Å². The summed E-state index contributed by atoms with van der Waals surface area (Å²) in [5.41, 5.74) is 5.50. The lowest BCUT2D eigenvalue weighted by atomic mass is 10.1. The molecular weight excluding hydrogens is 250 g/mol. The van der Waals surface area contributed by atoms with Crippen molar-refractivity contribution >= 4 is 17.3 Å². The van der Waals surface area contributed by atoms with E-state index < -0.39 is 4.92 Å². The van der Waals surface area contributed by atoms with E-state index in [4.69, 9.17) is 10.5 Å². The van der Waals surface area contributed by atoms with Gasteiger partial charge in [-0.05, 0) is 18.6 Å². The van der Waals surface area contributed by atoms with Crippen molar-refractivity contribution in [1.82, 2.24) is 5.32 Å². The first-order chi connectivity index (χ1) is 9.08. The van der Waals surface area contributed by atoms with Gasteiger partial charge in [0, 0.05) is 30.7 Å². The standard InChI is InChI=1S/C12H15N3O4/c13-10-2-1-9(5-11(10)15(17)18)12(16)14-6-8-3-4-19-7-8/h1-2,5,8H,3-4,6-7,13H2,(H,14,16). The fourth-order valence-corrected chi connectivity index (χ4v) is 1.93. The van der Waals surface area contributed by atoms with Crippen molar-refractivity contribution in [2.24, 2.45) is 5.92 Å². The highest BCUT2D eigenvalue weighted by molar-refractivity contribution is 5.95. The Balaban J connectivity index is 2.02. The first-order valence-electron chi connectivity index (χ1n) is 5.98. The largest absolute Gasteiger partial charge is 0.393 e. The summed E-state index contributed by atoms with van der Waals surface area (Å²) in [5.74, 6) is -0.0253. The van der Waals surface area contributed by atoms with Gasteiger partial charge in [0.15, 0.2) is 0 Å². The van der Waals surface area contributed by atoms with E-state index in [0.29, 0.717) is 25.7 Å². The van der Waals surface area contributed by atoms with Crippen molar-refractivity contribution in [3.05, 3.63) is 33.9 Å². The van der Waals surface area contributed by atoms with Crippen LogP contribution < -0.4 is 11.1 Å². The Hall–Kier alpha value is -2.15. The summed E-state index contributed by atoms with van der Waals surface area (Å²) in [6, 6.07) is 4.03. The summed E-state index contributed by atoms with van der Waals surface area (Å²) in [4.78, 5) is 22.0. The maximum Gasteiger partial charge on any atom is 0.292 e. The molecule has 19 heavy (non-hydrogen) atoms. The van der Waals surface area contributed by atoms with Crippen LogP contribution in [0.2, 0.25) is 0 Å². The van der Waals surface area contributed by atoms with Crippen molar-refractivity contribution < 1.29 is 14.5 Å². The van der Waals surface area contributed by atoms with Crippen LogP contribution in [0.3, 0.4) is 0 Å². The van der Waals surface area contributed by atoms with E-state index in [1.54, 1.807) is 0 Å². The van der Waals surface area contributed by atoms with Gasteiger partial charge >= 0.3 is 0 Å². The number of nitro benzene ring substituents is 1. The quantitative estimate of drug-likeness (QED) is 0.478. The molecule has 3 N–H and O–H groups in total.